The van der Waals surface area contributed by atoms with Gasteiger partial charge in [0, 0.05) is 6.26 Å². The third-order valence-corrected chi connectivity index (χ3v) is 2.67. The van der Waals surface area contributed by atoms with E-state index in [1.54, 1.807) is 5.32 Å². The van der Waals surface area contributed by atoms with Gasteiger partial charge in [-0.15, -0.1) is 0 Å². The number of nitrogens with one attached hydrogen (secondary N) is 2. The Morgan fingerprint density at radius 2 is 1.88 bits per heavy atom. The Morgan fingerprint density at radius 3 is 2.35 bits per heavy atom. The van der Waals surface area contributed by atoms with Crippen LogP contribution in [0, 0.1) is 0 Å². The molecular weight excluding hydrogens is 261 g/mol. The molecule has 0 aliphatic heterocycles. The molecule has 0 saturated heterocycles. The topological polar surface area (TPSA) is 75.3 Å². The monoisotopic (exact) mass is 276 g/mol. The maximum absolute atomic E-state index is 11.7. The van der Waals surface area contributed by atoms with Crippen LogP contribution in [0.3, 0.4) is 0 Å². The van der Waals surface area contributed by atoms with Crippen molar-refractivity contribution in [2.75, 3.05) is 31.6 Å². The van der Waals surface area contributed by atoms with Crippen LogP contribution in [0.5, 0.6) is 0 Å². The highest BCUT2D eigenvalue weighted by Crippen LogP contribution is 2.11. The number of amides is 1. The van der Waals surface area contributed by atoms with Gasteiger partial charge in [0.1, 0.15) is 16.4 Å². The second-order valence-electron chi connectivity index (χ2n) is 3.55. The van der Waals surface area contributed by atoms with Gasteiger partial charge in [0.25, 0.3) is 0 Å². The zero-order valence-corrected chi connectivity index (χ0v) is 10.1. The molecule has 0 radical (unpaired) electrons. The van der Waals surface area contributed by atoms with Gasteiger partial charge >= 0.3 is 6.18 Å². The number of carbonyl (C=O) groups excluding carboxylic acids is 1. The molecule has 17 heavy (non-hydrogen) atoms. The first kappa shape index (κ1) is 16.2. The van der Waals surface area contributed by atoms with Gasteiger partial charge in [-0.25, -0.2) is 8.42 Å². The standard InChI is InChI=1S/C8H15F3N2O3S/c1-17(15,16)4-2-3-12-5-7(14)13-6-8(9,10)11/h12H,2-6H2,1H3,(H,13,14). The molecule has 0 aromatic rings. The first-order chi connectivity index (χ1) is 7.60. The first-order valence-electron chi connectivity index (χ1n) is 4.82. The number of hydrogen-bond acceptors (Lipinski definition) is 4. The van der Waals surface area contributed by atoms with Gasteiger partial charge in [-0.2, -0.15) is 13.2 Å². The lowest BCUT2D eigenvalue weighted by atomic mass is 10.4. The van der Waals surface area contributed by atoms with Gasteiger partial charge in [-0.3, -0.25) is 4.79 Å². The molecule has 2 N–H and O–H groups in total. The summed E-state index contributed by atoms with van der Waals surface area (Å²) in [7, 11) is -3.04. The van der Waals surface area contributed by atoms with Gasteiger partial charge in [0.2, 0.25) is 5.91 Å². The molecule has 0 aliphatic carbocycles. The Kier molecular flexibility index (Phi) is 6.46. The number of rotatable bonds is 7. The van der Waals surface area contributed by atoms with Crippen molar-refractivity contribution in [3.8, 4) is 0 Å². The van der Waals surface area contributed by atoms with Crippen LogP contribution in [-0.2, 0) is 14.6 Å². The Labute approximate surface area is 97.7 Å². The van der Waals surface area contributed by atoms with Crippen LogP contribution in [-0.4, -0.2) is 52.1 Å². The molecular formula is C8H15F3N2O3S. The first-order valence-corrected chi connectivity index (χ1v) is 6.88. The van der Waals surface area contributed by atoms with Crippen molar-refractivity contribution in [3.63, 3.8) is 0 Å². The molecule has 0 bridgehead atoms. The molecule has 0 heterocycles. The van der Waals surface area contributed by atoms with Gasteiger partial charge in [-0.1, -0.05) is 0 Å². The quantitative estimate of drug-likeness (QED) is 0.625. The maximum Gasteiger partial charge on any atom is 0.405 e. The summed E-state index contributed by atoms with van der Waals surface area (Å²) < 4.78 is 56.5. The molecule has 0 aliphatic rings. The van der Waals surface area contributed by atoms with Gasteiger partial charge in [0.15, 0.2) is 0 Å². The summed E-state index contributed by atoms with van der Waals surface area (Å²) in [5.41, 5.74) is 0. The summed E-state index contributed by atoms with van der Waals surface area (Å²) in [5.74, 6) is -0.800. The van der Waals surface area contributed by atoms with Crippen LogP contribution in [0.4, 0.5) is 13.2 Å². The van der Waals surface area contributed by atoms with Crippen LogP contribution in [0.2, 0.25) is 0 Å². The van der Waals surface area contributed by atoms with E-state index in [-0.39, 0.29) is 18.8 Å². The van der Waals surface area contributed by atoms with E-state index in [0.717, 1.165) is 6.26 Å². The third kappa shape index (κ3) is 13.1. The van der Waals surface area contributed by atoms with Crippen LogP contribution in [0.25, 0.3) is 0 Å². The fourth-order valence-electron chi connectivity index (χ4n) is 0.923. The summed E-state index contributed by atoms with van der Waals surface area (Å²) in [5, 5.41) is 4.24. The predicted molar refractivity (Wildman–Crippen MR) is 56.3 cm³/mol. The minimum absolute atomic E-state index is 0.0236. The lowest BCUT2D eigenvalue weighted by Crippen LogP contribution is -2.39. The second-order valence-corrected chi connectivity index (χ2v) is 5.81. The third-order valence-electron chi connectivity index (χ3n) is 1.64. The van der Waals surface area contributed by atoms with E-state index in [9.17, 15) is 26.4 Å². The average Bonchev–Trinajstić information content (AvgIpc) is 2.11. The minimum atomic E-state index is -4.42. The van der Waals surface area contributed by atoms with Crippen LogP contribution in [0.1, 0.15) is 6.42 Å². The van der Waals surface area contributed by atoms with Crippen molar-refractivity contribution in [3.05, 3.63) is 0 Å². The van der Waals surface area contributed by atoms with E-state index >= 15 is 0 Å². The highest BCUT2D eigenvalue weighted by atomic mass is 32.2. The van der Waals surface area contributed by atoms with Crippen molar-refractivity contribution in [2.24, 2.45) is 0 Å². The number of halogens is 3. The normalized spacial score (nSPS) is 12.5. The molecule has 0 spiro atoms. The van der Waals surface area contributed by atoms with Crippen molar-refractivity contribution >= 4 is 15.7 Å². The molecule has 0 aromatic heterocycles. The Hall–Kier alpha value is -0.830. The number of hydrogen-bond donors (Lipinski definition) is 2. The van der Waals surface area contributed by atoms with Crippen molar-refractivity contribution < 1.29 is 26.4 Å². The van der Waals surface area contributed by atoms with Gasteiger partial charge < -0.3 is 10.6 Å². The second kappa shape index (κ2) is 6.80. The summed E-state index contributed by atoms with van der Waals surface area (Å²) in [6, 6.07) is 0. The molecule has 102 valence electrons. The SMILES string of the molecule is CS(=O)(=O)CCCNCC(=O)NCC(F)(F)F. The van der Waals surface area contributed by atoms with Gasteiger partial charge in [0.05, 0.1) is 12.3 Å². The Bertz CT molecular complexity index is 340. The molecule has 9 heteroatoms. The predicted octanol–water partition coefficient (Wildman–Crippen LogP) is -0.311. The zero-order valence-electron chi connectivity index (χ0n) is 9.30. The van der Waals surface area contributed by atoms with E-state index in [0.29, 0.717) is 6.42 Å². The fourth-order valence-corrected chi connectivity index (χ4v) is 1.59. The lowest BCUT2D eigenvalue weighted by molar-refractivity contribution is -0.137. The van der Waals surface area contributed by atoms with E-state index in [1.165, 1.54) is 0 Å². The van der Waals surface area contributed by atoms with Crippen molar-refractivity contribution in [1.29, 1.82) is 0 Å². The van der Waals surface area contributed by atoms with E-state index < -0.39 is 28.5 Å². The summed E-state index contributed by atoms with van der Waals surface area (Å²) in [6.45, 7) is -1.37. The van der Waals surface area contributed by atoms with E-state index in [1.807, 2.05) is 0 Å². The number of carbonyl (C=O) groups is 1. The van der Waals surface area contributed by atoms with Gasteiger partial charge in [-0.05, 0) is 13.0 Å². The summed E-state index contributed by atoms with van der Waals surface area (Å²) in [4.78, 5) is 10.9. The molecule has 0 saturated carbocycles. The van der Waals surface area contributed by atoms with E-state index in [4.69, 9.17) is 0 Å². The van der Waals surface area contributed by atoms with Crippen molar-refractivity contribution in [2.45, 2.75) is 12.6 Å². The Balaban J connectivity index is 3.53. The Morgan fingerprint density at radius 1 is 1.29 bits per heavy atom. The van der Waals surface area contributed by atoms with Crippen LogP contribution in [0.15, 0.2) is 0 Å². The van der Waals surface area contributed by atoms with Crippen LogP contribution >= 0.6 is 0 Å². The number of sulfone groups is 1. The fraction of sp³-hybridized carbons (Fsp3) is 0.875. The van der Waals surface area contributed by atoms with Crippen molar-refractivity contribution in [1.82, 2.24) is 10.6 Å². The molecule has 0 rings (SSSR count). The van der Waals surface area contributed by atoms with Crippen LogP contribution < -0.4 is 10.6 Å². The maximum atomic E-state index is 11.7. The molecule has 0 fully saturated rings. The molecule has 0 atom stereocenters. The molecule has 5 nitrogen and oxygen atoms in total. The highest BCUT2D eigenvalue weighted by Gasteiger charge is 2.27. The summed E-state index contributed by atoms with van der Waals surface area (Å²) in [6.07, 6.45) is -3.03. The number of alkyl halides is 3. The molecule has 0 aromatic carbocycles. The minimum Gasteiger partial charge on any atom is -0.346 e. The smallest absolute Gasteiger partial charge is 0.346 e. The average molecular weight is 276 g/mol. The molecule has 1 amide bonds. The molecule has 0 unspecified atom stereocenters. The summed E-state index contributed by atoms with van der Waals surface area (Å²) >= 11 is 0. The van der Waals surface area contributed by atoms with E-state index in [2.05, 4.69) is 5.32 Å². The largest absolute Gasteiger partial charge is 0.405 e. The zero-order chi connectivity index (χ0) is 13.5. The lowest BCUT2D eigenvalue weighted by Gasteiger charge is -2.08. The highest BCUT2D eigenvalue weighted by molar-refractivity contribution is 7.90.